The summed E-state index contributed by atoms with van der Waals surface area (Å²) in [5.41, 5.74) is 2.10. The Hall–Kier alpha value is -2.94. The van der Waals surface area contributed by atoms with E-state index in [0.717, 1.165) is 11.1 Å². The van der Waals surface area contributed by atoms with Gasteiger partial charge < -0.3 is 4.90 Å². The predicted octanol–water partition coefficient (Wildman–Crippen LogP) is 5.08. The zero-order chi connectivity index (χ0) is 17.6. The van der Waals surface area contributed by atoms with Gasteiger partial charge in [-0.05, 0) is 30.2 Å². The van der Waals surface area contributed by atoms with E-state index in [9.17, 15) is 9.18 Å². The van der Waals surface area contributed by atoms with Gasteiger partial charge in [0.1, 0.15) is 5.82 Å². The molecule has 1 amide bonds. The normalized spacial score (nSPS) is 10.7. The van der Waals surface area contributed by atoms with Crippen LogP contribution in [0.25, 0.3) is 0 Å². The summed E-state index contributed by atoms with van der Waals surface area (Å²) in [4.78, 5) is 14.8. The molecule has 0 spiro atoms. The van der Waals surface area contributed by atoms with E-state index in [-0.39, 0.29) is 17.5 Å². The van der Waals surface area contributed by atoms with Crippen molar-refractivity contribution < 1.29 is 9.18 Å². The minimum atomic E-state index is -0.495. The number of hydrogen-bond donors (Lipinski definition) is 0. The zero-order valence-corrected chi connectivity index (χ0v) is 14.1. The van der Waals surface area contributed by atoms with Crippen molar-refractivity contribution in [2.24, 2.45) is 0 Å². The average Bonchev–Trinajstić information content (AvgIpc) is 2.67. The van der Waals surface area contributed by atoms with E-state index in [1.807, 2.05) is 67.6 Å². The molecular formula is C22H20FNO. The molecule has 0 aliphatic heterocycles. The standard InChI is InChI=1S/C22H20FNO/c1-2-24(22(25)19-15-9-10-16-20(19)23)21(17-11-5-3-6-12-17)18-13-7-4-8-14-18/h3-16,21H,2H2,1H3. The molecule has 3 aromatic rings. The Bertz CT molecular complexity index is 793. The highest BCUT2D eigenvalue weighted by Crippen LogP contribution is 2.30. The average molecular weight is 333 g/mol. The van der Waals surface area contributed by atoms with Gasteiger partial charge in [-0.15, -0.1) is 0 Å². The molecule has 0 fully saturated rings. The summed E-state index contributed by atoms with van der Waals surface area (Å²) in [6, 6.07) is 25.5. The molecule has 3 aromatic carbocycles. The van der Waals surface area contributed by atoms with E-state index in [0.29, 0.717) is 6.54 Å². The fourth-order valence-electron chi connectivity index (χ4n) is 3.06. The third-order valence-electron chi connectivity index (χ3n) is 4.25. The summed E-state index contributed by atoms with van der Waals surface area (Å²) >= 11 is 0. The molecule has 2 nitrogen and oxygen atoms in total. The van der Waals surface area contributed by atoms with Gasteiger partial charge in [-0.3, -0.25) is 4.79 Å². The van der Waals surface area contributed by atoms with Gasteiger partial charge in [-0.25, -0.2) is 4.39 Å². The minimum absolute atomic E-state index is 0.0983. The number of hydrogen-bond acceptors (Lipinski definition) is 1. The summed E-state index contributed by atoms with van der Waals surface area (Å²) in [7, 11) is 0. The fourth-order valence-corrected chi connectivity index (χ4v) is 3.06. The quantitative estimate of drug-likeness (QED) is 0.638. The third-order valence-corrected chi connectivity index (χ3v) is 4.25. The van der Waals surface area contributed by atoms with E-state index >= 15 is 0 Å². The smallest absolute Gasteiger partial charge is 0.257 e. The van der Waals surface area contributed by atoms with Crippen LogP contribution in [0.5, 0.6) is 0 Å². The van der Waals surface area contributed by atoms with Crippen LogP contribution in [-0.4, -0.2) is 17.4 Å². The molecule has 0 saturated carbocycles. The van der Waals surface area contributed by atoms with E-state index in [4.69, 9.17) is 0 Å². The lowest BCUT2D eigenvalue weighted by atomic mass is 9.96. The minimum Gasteiger partial charge on any atom is -0.328 e. The van der Waals surface area contributed by atoms with Crippen LogP contribution in [0, 0.1) is 5.82 Å². The SMILES string of the molecule is CCN(C(=O)c1ccccc1F)C(c1ccccc1)c1ccccc1. The van der Waals surface area contributed by atoms with Gasteiger partial charge in [0.2, 0.25) is 0 Å². The molecule has 3 heteroatoms. The third kappa shape index (κ3) is 3.61. The Labute approximate surface area is 147 Å². The molecule has 0 N–H and O–H groups in total. The highest BCUT2D eigenvalue weighted by molar-refractivity contribution is 5.95. The number of carbonyl (C=O) groups excluding carboxylic acids is 1. The maximum atomic E-state index is 14.2. The largest absolute Gasteiger partial charge is 0.328 e. The lowest BCUT2D eigenvalue weighted by molar-refractivity contribution is 0.0712. The van der Waals surface area contributed by atoms with Crippen LogP contribution in [0.15, 0.2) is 84.9 Å². The first-order valence-corrected chi connectivity index (χ1v) is 8.37. The Balaban J connectivity index is 2.07. The molecule has 0 radical (unpaired) electrons. The van der Waals surface area contributed by atoms with Crippen molar-refractivity contribution in [1.29, 1.82) is 0 Å². The molecular weight excluding hydrogens is 313 g/mol. The molecule has 0 aliphatic rings. The first-order chi connectivity index (χ1) is 12.2. The van der Waals surface area contributed by atoms with Crippen LogP contribution >= 0.6 is 0 Å². The Kier molecular flexibility index (Phi) is 5.24. The van der Waals surface area contributed by atoms with Crippen LogP contribution in [0.3, 0.4) is 0 Å². The van der Waals surface area contributed by atoms with Crippen LogP contribution in [0.2, 0.25) is 0 Å². The Morgan fingerprint density at radius 2 is 1.32 bits per heavy atom. The summed E-state index contributed by atoms with van der Waals surface area (Å²) < 4.78 is 14.2. The van der Waals surface area contributed by atoms with Gasteiger partial charge >= 0.3 is 0 Å². The first-order valence-electron chi connectivity index (χ1n) is 8.37. The number of nitrogens with zero attached hydrogens (tertiary/aromatic N) is 1. The number of amides is 1. The molecule has 0 bridgehead atoms. The lowest BCUT2D eigenvalue weighted by Gasteiger charge is -2.32. The molecule has 0 aliphatic carbocycles. The fraction of sp³-hybridized carbons (Fsp3) is 0.136. The van der Waals surface area contributed by atoms with Crippen molar-refractivity contribution in [2.45, 2.75) is 13.0 Å². The van der Waals surface area contributed by atoms with Crippen molar-refractivity contribution in [3.63, 3.8) is 0 Å². The molecule has 0 unspecified atom stereocenters. The molecule has 0 heterocycles. The highest BCUT2D eigenvalue weighted by Gasteiger charge is 2.27. The van der Waals surface area contributed by atoms with Crippen LogP contribution in [0.1, 0.15) is 34.5 Å². The van der Waals surface area contributed by atoms with E-state index in [1.165, 1.54) is 12.1 Å². The van der Waals surface area contributed by atoms with Gasteiger partial charge in [0.25, 0.3) is 5.91 Å². The van der Waals surface area contributed by atoms with E-state index in [2.05, 4.69) is 0 Å². The summed E-state index contributed by atoms with van der Waals surface area (Å²) in [5, 5.41) is 0. The topological polar surface area (TPSA) is 20.3 Å². The Morgan fingerprint density at radius 3 is 1.80 bits per heavy atom. The summed E-state index contributed by atoms with van der Waals surface area (Å²) in [5.74, 6) is -0.802. The first kappa shape index (κ1) is 16.9. The molecule has 25 heavy (non-hydrogen) atoms. The molecule has 0 saturated heterocycles. The lowest BCUT2D eigenvalue weighted by Crippen LogP contribution is -2.36. The molecule has 0 atom stereocenters. The van der Waals surface area contributed by atoms with Crippen LogP contribution in [-0.2, 0) is 0 Å². The predicted molar refractivity (Wildman–Crippen MR) is 97.8 cm³/mol. The number of benzene rings is 3. The summed E-state index contributed by atoms with van der Waals surface area (Å²) in [6.07, 6.45) is 0. The van der Waals surface area contributed by atoms with Gasteiger partial charge in [0, 0.05) is 6.54 Å². The van der Waals surface area contributed by atoms with E-state index < -0.39 is 5.82 Å². The van der Waals surface area contributed by atoms with Gasteiger partial charge in [0.05, 0.1) is 11.6 Å². The maximum absolute atomic E-state index is 14.2. The van der Waals surface area contributed by atoms with Crippen molar-refractivity contribution in [2.75, 3.05) is 6.54 Å². The van der Waals surface area contributed by atoms with E-state index in [1.54, 1.807) is 17.0 Å². The number of carbonyl (C=O) groups is 1. The van der Waals surface area contributed by atoms with Gasteiger partial charge in [0.15, 0.2) is 0 Å². The van der Waals surface area contributed by atoms with Crippen molar-refractivity contribution in [3.05, 3.63) is 107 Å². The van der Waals surface area contributed by atoms with Crippen molar-refractivity contribution in [3.8, 4) is 0 Å². The van der Waals surface area contributed by atoms with Crippen LogP contribution < -0.4 is 0 Å². The van der Waals surface area contributed by atoms with Gasteiger partial charge in [-0.1, -0.05) is 72.8 Å². The van der Waals surface area contributed by atoms with Crippen molar-refractivity contribution in [1.82, 2.24) is 4.90 Å². The number of halogens is 1. The molecule has 126 valence electrons. The second-order valence-electron chi connectivity index (χ2n) is 5.79. The Morgan fingerprint density at radius 1 is 0.840 bits per heavy atom. The highest BCUT2D eigenvalue weighted by atomic mass is 19.1. The second-order valence-corrected chi connectivity index (χ2v) is 5.79. The number of rotatable bonds is 5. The summed E-state index contributed by atoms with van der Waals surface area (Å²) in [6.45, 7) is 2.39. The van der Waals surface area contributed by atoms with Crippen molar-refractivity contribution >= 4 is 5.91 Å². The van der Waals surface area contributed by atoms with Gasteiger partial charge in [-0.2, -0.15) is 0 Å². The monoisotopic (exact) mass is 333 g/mol. The van der Waals surface area contributed by atoms with Crippen LogP contribution in [0.4, 0.5) is 4.39 Å². The molecule has 3 rings (SSSR count). The second kappa shape index (κ2) is 7.75. The zero-order valence-electron chi connectivity index (χ0n) is 14.1. The maximum Gasteiger partial charge on any atom is 0.257 e. The molecule has 0 aromatic heterocycles.